The number of hydrogen-bond acceptors (Lipinski definition) is 3. The van der Waals surface area contributed by atoms with Crippen molar-refractivity contribution in [1.82, 2.24) is 0 Å². The van der Waals surface area contributed by atoms with Gasteiger partial charge in [-0.15, -0.1) is 0 Å². The average molecular weight is 402 g/mol. The molecule has 4 rings (SSSR count). The lowest BCUT2D eigenvalue weighted by Gasteiger charge is -2.31. The fraction of sp³-hybridized carbons (Fsp3) is 0.381. The molecule has 2 aliphatic rings. The summed E-state index contributed by atoms with van der Waals surface area (Å²) in [5.74, 6) is -0.569. The van der Waals surface area contributed by atoms with E-state index in [0.29, 0.717) is 19.3 Å². The van der Waals surface area contributed by atoms with E-state index >= 15 is 0 Å². The Morgan fingerprint density at radius 1 is 1.18 bits per heavy atom. The molecule has 148 valence electrons. The Hall–Kier alpha value is -2.41. The van der Waals surface area contributed by atoms with Gasteiger partial charge in [0.05, 0.1) is 10.6 Å². The number of carbonyl (C=O) groups is 1. The second kappa shape index (κ2) is 6.58. The third-order valence-corrected chi connectivity index (χ3v) is 7.33. The summed E-state index contributed by atoms with van der Waals surface area (Å²) in [5, 5.41) is 0. The van der Waals surface area contributed by atoms with Crippen LogP contribution < -0.4 is 9.21 Å². The van der Waals surface area contributed by atoms with Crippen molar-refractivity contribution >= 4 is 27.3 Å². The summed E-state index contributed by atoms with van der Waals surface area (Å²) in [5.41, 5.74) is 3.25. The van der Waals surface area contributed by atoms with Crippen LogP contribution in [-0.2, 0) is 27.7 Å². The van der Waals surface area contributed by atoms with Gasteiger partial charge in [-0.25, -0.2) is 12.8 Å². The molecule has 5 nitrogen and oxygen atoms in total. The molecular weight excluding hydrogens is 379 g/mol. The summed E-state index contributed by atoms with van der Waals surface area (Å²) in [6.07, 6.45) is 1.91. The maximum Gasteiger partial charge on any atom is 0.264 e. The Labute approximate surface area is 164 Å². The molecule has 2 heterocycles. The minimum atomic E-state index is -3.90. The van der Waals surface area contributed by atoms with Crippen molar-refractivity contribution in [2.75, 3.05) is 15.7 Å². The molecule has 7 heteroatoms. The molecule has 0 aliphatic carbocycles. The van der Waals surface area contributed by atoms with Gasteiger partial charge in [-0.3, -0.25) is 9.10 Å². The van der Waals surface area contributed by atoms with Crippen LogP contribution in [0.3, 0.4) is 0 Å². The zero-order chi connectivity index (χ0) is 20.2. The summed E-state index contributed by atoms with van der Waals surface area (Å²) >= 11 is 0. The lowest BCUT2D eigenvalue weighted by Crippen LogP contribution is -2.36. The Bertz CT molecular complexity index is 1080. The standard InChI is InChI=1S/C21H23FN2O3S/c1-13-9-16-5-4-8-23(21(16)19(22)10-13)28(26,27)18-6-7-20-17(12-18)11-14(2)24(20)15(3)25/h6-7,9-10,12,14H,4-5,8,11H2,1-3H3. The van der Waals surface area contributed by atoms with E-state index in [1.807, 2.05) is 13.0 Å². The van der Waals surface area contributed by atoms with Crippen LogP contribution in [0, 0.1) is 12.7 Å². The second-order valence-corrected chi connectivity index (χ2v) is 9.53. The van der Waals surface area contributed by atoms with Gasteiger partial charge in [-0.1, -0.05) is 6.07 Å². The van der Waals surface area contributed by atoms with Gasteiger partial charge in [0, 0.05) is 25.2 Å². The molecule has 0 bridgehead atoms. The Morgan fingerprint density at radius 2 is 1.93 bits per heavy atom. The topological polar surface area (TPSA) is 57.7 Å². The summed E-state index contributed by atoms with van der Waals surface area (Å²) in [6, 6.07) is 8.05. The third kappa shape index (κ3) is 2.89. The van der Waals surface area contributed by atoms with Crippen LogP contribution >= 0.6 is 0 Å². The van der Waals surface area contributed by atoms with Crippen molar-refractivity contribution < 1.29 is 17.6 Å². The number of benzene rings is 2. The van der Waals surface area contributed by atoms with Crippen LogP contribution in [0.25, 0.3) is 0 Å². The largest absolute Gasteiger partial charge is 0.309 e. The normalized spacial score (nSPS) is 18.8. The van der Waals surface area contributed by atoms with Crippen molar-refractivity contribution in [3.8, 4) is 0 Å². The Kier molecular flexibility index (Phi) is 4.45. The summed E-state index contributed by atoms with van der Waals surface area (Å²) < 4.78 is 42.6. The highest BCUT2D eigenvalue weighted by Crippen LogP contribution is 2.38. The molecule has 0 saturated carbocycles. The van der Waals surface area contributed by atoms with E-state index in [0.717, 1.165) is 22.4 Å². The van der Waals surface area contributed by atoms with E-state index < -0.39 is 15.8 Å². The van der Waals surface area contributed by atoms with Crippen LogP contribution in [0.1, 0.15) is 37.0 Å². The molecule has 1 atom stereocenters. The first-order valence-corrected chi connectivity index (χ1v) is 10.9. The number of fused-ring (bicyclic) bond motifs is 2. The van der Waals surface area contributed by atoms with Crippen molar-refractivity contribution in [2.24, 2.45) is 0 Å². The van der Waals surface area contributed by atoms with E-state index in [9.17, 15) is 17.6 Å². The highest BCUT2D eigenvalue weighted by molar-refractivity contribution is 7.92. The predicted molar refractivity (Wildman–Crippen MR) is 107 cm³/mol. The molecular formula is C21H23FN2O3S. The first kappa shape index (κ1) is 18.9. The predicted octanol–water partition coefficient (Wildman–Crippen LogP) is 3.57. The SMILES string of the molecule is CC(=O)N1c2ccc(S(=O)(=O)N3CCCc4cc(C)cc(F)c43)cc2CC1C. The van der Waals surface area contributed by atoms with E-state index in [1.54, 1.807) is 24.0 Å². The molecule has 0 saturated heterocycles. The second-order valence-electron chi connectivity index (χ2n) is 7.67. The van der Waals surface area contributed by atoms with Crippen molar-refractivity contribution in [2.45, 2.75) is 51.0 Å². The molecule has 28 heavy (non-hydrogen) atoms. The quantitative estimate of drug-likeness (QED) is 0.772. The number of halogens is 1. The number of rotatable bonds is 2. The smallest absolute Gasteiger partial charge is 0.264 e. The maximum absolute atomic E-state index is 14.7. The maximum atomic E-state index is 14.7. The summed E-state index contributed by atoms with van der Waals surface area (Å²) in [7, 11) is -3.90. The number of anilines is 2. The fourth-order valence-electron chi connectivity index (χ4n) is 4.42. The van der Waals surface area contributed by atoms with Gasteiger partial charge < -0.3 is 4.90 Å². The lowest BCUT2D eigenvalue weighted by atomic mass is 10.0. The Balaban J connectivity index is 1.78. The van der Waals surface area contributed by atoms with Crippen LogP contribution in [0.2, 0.25) is 0 Å². The molecule has 0 radical (unpaired) electrons. The highest BCUT2D eigenvalue weighted by Gasteiger charge is 2.34. The summed E-state index contributed by atoms with van der Waals surface area (Å²) in [4.78, 5) is 13.7. The molecule has 2 aromatic carbocycles. The molecule has 1 unspecified atom stereocenters. The zero-order valence-electron chi connectivity index (χ0n) is 16.2. The minimum Gasteiger partial charge on any atom is -0.309 e. The first-order valence-electron chi connectivity index (χ1n) is 9.44. The Morgan fingerprint density at radius 3 is 2.64 bits per heavy atom. The molecule has 0 spiro atoms. The van der Waals surface area contributed by atoms with Crippen LogP contribution in [0.5, 0.6) is 0 Å². The lowest BCUT2D eigenvalue weighted by molar-refractivity contribution is -0.116. The molecule has 1 amide bonds. The van der Waals surface area contributed by atoms with Gasteiger partial charge in [-0.05, 0) is 74.1 Å². The molecule has 2 aromatic rings. The van der Waals surface area contributed by atoms with Gasteiger partial charge >= 0.3 is 0 Å². The van der Waals surface area contributed by atoms with Crippen LogP contribution in [-0.4, -0.2) is 26.9 Å². The number of nitrogens with zero attached hydrogens (tertiary/aromatic N) is 2. The van der Waals surface area contributed by atoms with Gasteiger partial charge in [0.25, 0.3) is 10.0 Å². The molecule has 2 aliphatic heterocycles. The van der Waals surface area contributed by atoms with E-state index in [4.69, 9.17) is 0 Å². The molecule has 0 fully saturated rings. The monoisotopic (exact) mass is 402 g/mol. The summed E-state index contributed by atoms with van der Waals surface area (Å²) in [6.45, 7) is 5.50. The fourth-order valence-corrected chi connectivity index (χ4v) is 6.02. The number of amides is 1. The molecule has 0 aromatic heterocycles. The first-order chi connectivity index (χ1) is 13.2. The number of sulfonamides is 1. The van der Waals surface area contributed by atoms with Crippen molar-refractivity contribution in [3.63, 3.8) is 0 Å². The van der Waals surface area contributed by atoms with Crippen LogP contribution in [0.15, 0.2) is 35.2 Å². The van der Waals surface area contributed by atoms with Gasteiger partial charge in [0.2, 0.25) is 5.91 Å². The molecule has 0 N–H and O–H groups in total. The minimum absolute atomic E-state index is 0.0124. The highest BCUT2D eigenvalue weighted by atomic mass is 32.2. The van der Waals surface area contributed by atoms with E-state index in [1.165, 1.54) is 23.4 Å². The van der Waals surface area contributed by atoms with E-state index in [2.05, 4.69) is 0 Å². The van der Waals surface area contributed by atoms with Gasteiger partial charge in [0.1, 0.15) is 5.82 Å². The number of carbonyl (C=O) groups excluding carboxylic acids is 1. The van der Waals surface area contributed by atoms with Gasteiger partial charge in [-0.2, -0.15) is 0 Å². The van der Waals surface area contributed by atoms with Crippen molar-refractivity contribution in [1.29, 1.82) is 0 Å². The zero-order valence-corrected chi connectivity index (χ0v) is 17.0. The van der Waals surface area contributed by atoms with Gasteiger partial charge in [0.15, 0.2) is 0 Å². The number of hydrogen-bond donors (Lipinski definition) is 0. The third-order valence-electron chi connectivity index (χ3n) is 5.54. The average Bonchev–Trinajstić information content (AvgIpc) is 2.95. The van der Waals surface area contributed by atoms with E-state index in [-0.39, 0.29) is 29.1 Å². The number of aryl methyl sites for hydroxylation is 2. The van der Waals surface area contributed by atoms with Crippen molar-refractivity contribution in [3.05, 3.63) is 52.8 Å². The van der Waals surface area contributed by atoms with Crippen LogP contribution in [0.4, 0.5) is 15.8 Å².